The summed E-state index contributed by atoms with van der Waals surface area (Å²) in [6.07, 6.45) is 3.42. The molecule has 1 aromatic carbocycles. The molecule has 0 spiro atoms. The fraction of sp³-hybridized carbons (Fsp3) is 0.235. The van der Waals surface area contributed by atoms with Crippen LogP contribution in [0, 0.1) is 6.92 Å². The molecule has 0 radical (unpaired) electrons. The topological polar surface area (TPSA) is 90.0 Å². The maximum Gasteiger partial charge on any atom is 0.250 e. The van der Waals surface area contributed by atoms with Gasteiger partial charge in [-0.05, 0) is 19.1 Å². The number of aromatic nitrogens is 5. The first-order valence-electron chi connectivity index (χ1n) is 8.04. The summed E-state index contributed by atoms with van der Waals surface area (Å²) in [6.45, 7) is 1.88. The van der Waals surface area contributed by atoms with Crippen LogP contribution in [0.2, 0.25) is 0 Å². The summed E-state index contributed by atoms with van der Waals surface area (Å²) in [5.41, 5.74) is 5.17. The van der Waals surface area contributed by atoms with Crippen molar-refractivity contribution in [2.45, 2.75) is 12.1 Å². The molecule has 0 saturated carbocycles. The highest BCUT2D eigenvalue weighted by Crippen LogP contribution is 2.24. The molecule has 0 saturated heterocycles. The number of aryl methyl sites for hydroxylation is 2. The van der Waals surface area contributed by atoms with Crippen LogP contribution < -0.4 is 5.43 Å². The van der Waals surface area contributed by atoms with Gasteiger partial charge in [0.15, 0.2) is 11.0 Å². The van der Waals surface area contributed by atoms with E-state index in [1.165, 1.54) is 11.8 Å². The second-order valence-corrected chi connectivity index (χ2v) is 7.66. The van der Waals surface area contributed by atoms with Crippen LogP contribution in [0.4, 0.5) is 0 Å². The molecule has 0 aliphatic heterocycles. The molecule has 2 aromatic heterocycles. The minimum atomic E-state index is -0.218. The normalized spacial score (nSPS) is 11.3. The van der Waals surface area contributed by atoms with Crippen LogP contribution in [-0.2, 0) is 18.9 Å². The fourth-order valence-electron chi connectivity index (χ4n) is 2.40. The van der Waals surface area contributed by atoms with Crippen LogP contribution in [0.25, 0.3) is 11.4 Å². The Kier molecular flexibility index (Phi) is 6.07. The molecule has 140 valence electrons. The molecular weight excluding hydrogens is 430 g/mol. The number of hydrogen-bond acceptors (Lipinski definition) is 6. The highest BCUT2D eigenvalue weighted by Gasteiger charge is 2.13. The van der Waals surface area contributed by atoms with E-state index >= 15 is 0 Å². The number of rotatable bonds is 6. The van der Waals surface area contributed by atoms with Crippen molar-refractivity contribution in [2.24, 2.45) is 19.2 Å². The lowest BCUT2D eigenvalue weighted by atomic mass is 10.2. The van der Waals surface area contributed by atoms with Gasteiger partial charge in [0.05, 0.1) is 17.7 Å². The van der Waals surface area contributed by atoms with E-state index in [0.717, 1.165) is 27.1 Å². The number of halogens is 1. The summed E-state index contributed by atoms with van der Waals surface area (Å²) in [5.74, 6) is 0.711. The number of carbonyl (C=O) groups is 1. The molecule has 8 nitrogen and oxygen atoms in total. The monoisotopic (exact) mass is 447 g/mol. The van der Waals surface area contributed by atoms with E-state index in [4.69, 9.17) is 0 Å². The highest BCUT2D eigenvalue weighted by atomic mass is 79.9. The van der Waals surface area contributed by atoms with Crippen molar-refractivity contribution >= 4 is 39.8 Å². The molecule has 0 atom stereocenters. The Bertz CT molecular complexity index is 995. The van der Waals surface area contributed by atoms with Crippen molar-refractivity contribution in [1.82, 2.24) is 30.0 Å². The lowest BCUT2D eigenvalue weighted by molar-refractivity contribution is -0.118. The number of benzene rings is 1. The van der Waals surface area contributed by atoms with Crippen LogP contribution in [0.1, 0.15) is 11.3 Å². The van der Waals surface area contributed by atoms with Crippen molar-refractivity contribution in [3.63, 3.8) is 0 Å². The van der Waals surface area contributed by atoms with Crippen LogP contribution >= 0.6 is 27.7 Å². The Labute approximate surface area is 169 Å². The van der Waals surface area contributed by atoms with Gasteiger partial charge in [0.1, 0.15) is 0 Å². The molecule has 0 bridgehead atoms. The predicted molar refractivity (Wildman–Crippen MR) is 109 cm³/mol. The van der Waals surface area contributed by atoms with E-state index in [1.807, 2.05) is 56.0 Å². The van der Waals surface area contributed by atoms with E-state index in [1.54, 1.807) is 10.9 Å². The Balaban J connectivity index is 1.57. The van der Waals surface area contributed by atoms with Gasteiger partial charge in [-0.25, -0.2) is 5.43 Å². The lowest BCUT2D eigenvalue weighted by Crippen LogP contribution is -2.20. The minimum Gasteiger partial charge on any atom is -0.305 e. The van der Waals surface area contributed by atoms with Gasteiger partial charge in [-0.2, -0.15) is 10.2 Å². The van der Waals surface area contributed by atoms with Crippen molar-refractivity contribution < 1.29 is 4.79 Å². The van der Waals surface area contributed by atoms with Gasteiger partial charge in [0.25, 0.3) is 5.91 Å². The number of hydrazone groups is 1. The predicted octanol–water partition coefficient (Wildman–Crippen LogP) is 2.53. The second-order valence-electron chi connectivity index (χ2n) is 5.80. The first kappa shape index (κ1) is 19.3. The Hall–Kier alpha value is -2.46. The molecule has 1 N–H and O–H groups in total. The van der Waals surface area contributed by atoms with Crippen molar-refractivity contribution in [2.75, 3.05) is 5.75 Å². The summed E-state index contributed by atoms with van der Waals surface area (Å²) in [5, 5.41) is 17.2. The van der Waals surface area contributed by atoms with Crippen molar-refractivity contribution in [3.8, 4) is 11.4 Å². The molecule has 0 unspecified atom stereocenters. The Morgan fingerprint density at radius 2 is 2.19 bits per heavy atom. The SMILES string of the molecule is Cc1nn(C)cc1C=NNC(=O)CSc1nnc(-c2cccc(Br)c2)n1C. The number of nitrogens with one attached hydrogen (secondary N) is 1. The highest BCUT2D eigenvalue weighted by molar-refractivity contribution is 9.10. The van der Waals surface area contributed by atoms with E-state index in [0.29, 0.717) is 5.16 Å². The molecule has 3 rings (SSSR count). The smallest absolute Gasteiger partial charge is 0.250 e. The average molecular weight is 448 g/mol. The zero-order chi connectivity index (χ0) is 19.4. The van der Waals surface area contributed by atoms with Gasteiger partial charge in [0, 0.05) is 35.9 Å². The van der Waals surface area contributed by atoms with Crippen molar-refractivity contribution in [1.29, 1.82) is 0 Å². The molecule has 1 amide bonds. The lowest BCUT2D eigenvalue weighted by Gasteiger charge is -2.04. The van der Waals surface area contributed by atoms with Gasteiger partial charge in [0.2, 0.25) is 0 Å². The van der Waals surface area contributed by atoms with Gasteiger partial charge in [-0.1, -0.05) is 39.8 Å². The molecular formula is C17H18BrN7OS. The number of nitrogens with zero attached hydrogens (tertiary/aromatic N) is 6. The third-order valence-corrected chi connectivity index (χ3v) is 5.21. The maximum atomic E-state index is 12.0. The van der Waals surface area contributed by atoms with Gasteiger partial charge >= 0.3 is 0 Å². The first-order valence-corrected chi connectivity index (χ1v) is 9.82. The summed E-state index contributed by atoms with van der Waals surface area (Å²) >= 11 is 4.76. The summed E-state index contributed by atoms with van der Waals surface area (Å²) < 4.78 is 4.53. The Morgan fingerprint density at radius 1 is 1.37 bits per heavy atom. The third-order valence-electron chi connectivity index (χ3n) is 3.69. The molecule has 27 heavy (non-hydrogen) atoms. The number of amides is 1. The molecule has 2 heterocycles. The minimum absolute atomic E-state index is 0.188. The summed E-state index contributed by atoms with van der Waals surface area (Å²) in [7, 11) is 3.71. The third kappa shape index (κ3) is 4.83. The van der Waals surface area contributed by atoms with Crippen LogP contribution in [0.5, 0.6) is 0 Å². The van der Waals surface area contributed by atoms with Crippen molar-refractivity contribution in [3.05, 3.63) is 46.2 Å². The number of carbonyl (C=O) groups excluding carboxylic acids is 1. The van der Waals surface area contributed by atoms with Gasteiger partial charge < -0.3 is 4.57 Å². The van der Waals surface area contributed by atoms with E-state index < -0.39 is 0 Å². The standard InChI is InChI=1S/C17H18BrN7OS/c1-11-13(9-24(2)23-11)8-19-20-15(26)10-27-17-22-21-16(25(17)3)12-5-4-6-14(18)7-12/h4-9H,10H2,1-3H3,(H,20,26). The van der Waals surface area contributed by atoms with E-state index in [2.05, 4.69) is 41.8 Å². The summed E-state index contributed by atoms with van der Waals surface area (Å²) in [6, 6.07) is 7.83. The zero-order valence-corrected chi connectivity index (χ0v) is 17.5. The van der Waals surface area contributed by atoms with Gasteiger partial charge in [-0.3, -0.25) is 9.48 Å². The molecule has 10 heteroatoms. The largest absolute Gasteiger partial charge is 0.305 e. The Morgan fingerprint density at radius 3 is 2.89 bits per heavy atom. The summed E-state index contributed by atoms with van der Waals surface area (Å²) in [4.78, 5) is 12.0. The molecule has 0 aliphatic carbocycles. The quantitative estimate of drug-likeness (QED) is 0.356. The number of thioether (sulfide) groups is 1. The molecule has 0 fully saturated rings. The fourth-order valence-corrected chi connectivity index (χ4v) is 3.50. The van der Waals surface area contributed by atoms with Crippen LogP contribution in [0.3, 0.4) is 0 Å². The average Bonchev–Trinajstić information content (AvgIpc) is 3.14. The maximum absolute atomic E-state index is 12.0. The molecule has 3 aromatic rings. The first-order chi connectivity index (χ1) is 12.9. The van der Waals surface area contributed by atoms with E-state index in [-0.39, 0.29) is 11.7 Å². The van der Waals surface area contributed by atoms with E-state index in [9.17, 15) is 4.79 Å². The number of hydrogen-bond donors (Lipinski definition) is 1. The van der Waals surface area contributed by atoms with Gasteiger partial charge in [-0.15, -0.1) is 10.2 Å². The zero-order valence-electron chi connectivity index (χ0n) is 15.0. The molecule has 0 aliphatic rings. The van der Waals surface area contributed by atoms with Crippen LogP contribution in [0.15, 0.2) is 45.2 Å². The van der Waals surface area contributed by atoms with Crippen LogP contribution in [-0.4, -0.2) is 42.4 Å². The second kappa shape index (κ2) is 8.49.